The molecule has 2 unspecified atom stereocenters. The third kappa shape index (κ3) is 4.81. The van der Waals surface area contributed by atoms with Gasteiger partial charge in [0.05, 0.1) is 24.1 Å². The number of rotatable bonds is 7. The lowest BCUT2D eigenvalue weighted by Crippen LogP contribution is -2.42. The van der Waals surface area contributed by atoms with Crippen molar-refractivity contribution in [2.24, 2.45) is 11.7 Å². The fraction of sp³-hybridized carbons (Fsp3) is 0.217. The fourth-order valence-corrected chi connectivity index (χ4v) is 3.26. The average Bonchev–Trinajstić information content (AvgIpc) is 2.76. The number of benzene rings is 2. The molecule has 1 amide bonds. The zero-order valence-corrected chi connectivity index (χ0v) is 17.0. The van der Waals surface area contributed by atoms with Crippen molar-refractivity contribution in [3.8, 4) is 0 Å². The lowest BCUT2D eigenvalue weighted by molar-refractivity contribution is -0.146. The lowest BCUT2D eigenvalue weighted by Gasteiger charge is -2.23. The summed E-state index contributed by atoms with van der Waals surface area (Å²) >= 11 is 0. The van der Waals surface area contributed by atoms with Crippen LogP contribution in [0, 0.1) is 5.92 Å². The van der Waals surface area contributed by atoms with Crippen LogP contribution in [0.15, 0.2) is 61.4 Å². The molecule has 30 heavy (non-hydrogen) atoms. The minimum absolute atomic E-state index is 0.298. The van der Waals surface area contributed by atoms with Crippen LogP contribution in [0.3, 0.4) is 0 Å². The van der Waals surface area contributed by atoms with E-state index in [0.717, 1.165) is 11.1 Å². The van der Waals surface area contributed by atoms with Gasteiger partial charge in [0.1, 0.15) is 0 Å². The number of nitrogens with one attached hydrogen (secondary N) is 1. The first-order valence-electron chi connectivity index (χ1n) is 9.52. The van der Waals surface area contributed by atoms with Gasteiger partial charge in [-0.1, -0.05) is 24.8 Å². The van der Waals surface area contributed by atoms with Gasteiger partial charge in [-0.3, -0.25) is 19.6 Å². The van der Waals surface area contributed by atoms with Crippen molar-refractivity contribution in [1.29, 1.82) is 0 Å². The maximum atomic E-state index is 12.8. The normalized spacial score (nSPS) is 12.7. The van der Waals surface area contributed by atoms with Gasteiger partial charge in [-0.15, -0.1) is 0 Å². The highest BCUT2D eigenvalue weighted by atomic mass is 16.5. The van der Waals surface area contributed by atoms with Crippen molar-refractivity contribution in [3.05, 3.63) is 78.1 Å². The van der Waals surface area contributed by atoms with E-state index in [0.29, 0.717) is 28.7 Å². The predicted octanol–water partition coefficient (Wildman–Crippen LogP) is 2.71. The van der Waals surface area contributed by atoms with E-state index in [4.69, 9.17) is 10.5 Å². The molecular weight excluding hydrogens is 380 g/mol. The Morgan fingerprint density at radius 2 is 1.83 bits per heavy atom. The van der Waals surface area contributed by atoms with Gasteiger partial charge >= 0.3 is 5.97 Å². The van der Waals surface area contributed by atoms with E-state index in [9.17, 15) is 9.59 Å². The van der Waals surface area contributed by atoms with Crippen LogP contribution >= 0.6 is 0 Å². The van der Waals surface area contributed by atoms with Crippen LogP contribution in [-0.4, -0.2) is 35.0 Å². The van der Waals surface area contributed by atoms with Crippen molar-refractivity contribution < 1.29 is 14.3 Å². The Labute approximate surface area is 175 Å². The molecule has 2 atom stereocenters. The number of carbonyl (C=O) groups is 2. The van der Waals surface area contributed by atoms with Crippen LogP contribution in [0.2, 0.25) is 0 Å². The van der Waals surface area contributed by atoms with E-state index < -0.39 is 17.9 Å². The van der Waals surface area contributed by atoms with E-state index in [1.54, 1.807) is 37.5 Å². The van der Waals surface area contributed by atoms with Gasteiger partial charge in [-0.2, -0.15) is 0 Å². The zero-order valence-electron chi connectivity index (χ0n) is 17.0. The van der Waals surface area contributed by atoms with E-state index in [2.05, 4.69) is 21.9 Å². The molecule has 7 heteroatoms. The van der Waals surface area contributed by atoms with E-state index in [1.165, 1.54) is 7.11 Å². The number of aromatic nitrogens is 2. The predicted molar refractivity (Wildman–Crippen MR) is 115 cm³/mol. The summed E-state index contributed by atoms with van der Waals surface area (Å²) in [5.74, 6) is -1.27. The minimum Gasteiger partial charge on any atom is -0.469 e. The second-order valence-corrected chi connectivity index (χ2v) is 7.08. The van der Waals surface area contributed by atoms with Crippen LogP contribution in [0.1, 0.15) is 28.4 Å². The van der Waals surface area contributed by atoms with Gasteiger partial charge in [-0.25, -0.2) is 0 Å². The fourth-order valence-electron chi connectivity index (χ4n) is 3.26. The molecule has 2 aromatic carbocycles. The van der Waals surface area contributed by atoms with Crippen molar-refractivity contribution in [2.75, 3.05) is 7.11 Å². The Balaban J connectivity index is 1.78. The third-order valence-corrected chi connectivity index (χ3v) is 4.95. The van der Waals surface area contributed by atoms with Crippen LogP contribution < -0.4 is 11.1 Å². The van der Waals surface area contributed by atoms with Crippen molar-refractivity contribution >= 4 is 28.6 Å². The zero-order chi connectivity index (χ0) is 21.7. The van der Waals surface area contributed by atoms with Crippen molar-refractivity contribution in [3.63, 3.8) is 0 Å². The molecule has 1 aromatic heterocycles. The smallest absolute Gasteiger partial charge is 0.311 e. The molecule has 0 saturated heterocycles. The topological polar surface area (TPSA) is 107 Å². The summed E-state index contributed by atoms with van der Waals surface area (Å²) in [5.41, 5.74) is 9.70. The molecule has 0 bridgehead atoms. The van der Waals surface area contributed by atoms with Crippen LogP contribution in [0.4, 0.5) is 0 Å². The van der Waals surface area contributed by atoms with Crippen LogP contribution in [-0.2, 0) is 16.0 Å². The van der Waals surface area contributed by atoms with Crippen LogP contribution in [0.5, 0.6) is 0 Å². The number of nitrogens with two attached hydrogens (primary N) is 1. The molecule has 0 saturated carbocycles. The number of fused-ring (bicyclic) bond motifs is 1. The van der Waals surface area contributed by atoms with Gasteiger partial charge < -0.3 is 15.8 Å². The SMILES string of the molecule is C=C(N)c1cccc(CC(C(=O)OC)C(C)NC(=O)c2ccc3nccnc3c2)c1. The summed E-state index contributed by atoms with van der Waals surface area (Å²) < 4.78 is 4.98. The number of methoxy groups -OCH3 is 1. The molecule has 0 fully saturated rings. The second-order valence-electron chi connectivity index (χ2n) is 7.08. The van der Waals surface area contributed by atoms with Gasteiger partial charge in [0.15, 0.2) is 0 Å². The molecule has 7 nitrogen and oxygen atoms in total. The molecule has 3 N–H and O–H groups in total. The number of nitrogens with zero attached hydrogens (tertiary/aromatic N) is 2. The minimum atomic E-state index is -0.569. The molecule has 3 aromatic rings. The molecular formula is C23H24N4O3. The lowest BCUT2D eigenvalue weighted by atomic mass is 9.92. The largest absolute Gasteiger partial charge is 0.469 e. The Bertz CT molecular complexity index is 1100. The quantitative estimate of drug-likeness (QED) is 0.587. The first kappa shape index (κ1) is 21.0. The Hall–Kier alpha value is -3.74. The number of hydrogen-bond acceptors (Lipinski definition) is 6. The summed E-state index contributed by atoms with van der Waals surface area (Å²) in [4.78, 5) is 33.6. The Morgan fingerprint density at radius 3 is 2.53 bits per heavy atom. The maximum absolute atomic E-state index is 12.8. The summed E-state index contributed by atoms with van der Waals surface area (Å²) in [7, 11) is 1.34. The third-order valence-electron chi connectivity index (χ3n) is 4.95. The Kier molecular flexibility index (Phi) is 6.41. The maximum Gasteiger partial charge on any atom is 0.311 e. The first-order chi connectivity index (χ1) is 14.4. The number of carbonyl (C=O) groups excluding carboxylic acids is 2. The molecule has 0 aliphatic rings. The molecule has 0 radical (unpaired) electrons. The van der Waals surface area contributed by atoms with Crippen LogP contribution in [0.25, 0.3) is 16.7 Å². The molecule has 0 aliphatic heterocycles. The number of ether oxygens (including phenoxy) is 1. The Morgan fingerprint density at radius 1 is 1.10 bits per heavy atom. The first-order valence-corrected chi connectivity index (χ1v) is 9.52. The monoisotopic (exact) mass is 404 g/mol. The molecule has 0 aliphatic carbocycles. The number of esters is 1. The second kappa shape index (κ2) is 9.17. The van der Waals surface area contributed by atoms with Gasteiger partial charge in [0.2, 0.25) is 0 Å². The van der Waals surface area contributed by atoms with E-state index >= 15 is 0 Å². The highest BCUT2D eigenvalue weighted by Gasteiger charge is 2.28. The van der Waals surface area contributed by atoms with Gasteiger partial charge in [0, 0.05) is 29.7 Å². The molecule has 154 valence electrons. The highest BCUT2D eigenvalue weighted by molar-refractivity contribution is 5.97. The highest BCUT2D eigenvalue weighted by Crippen LogP contribution is 2.18. The summed E-state index contributed by atoms with van der Waals surface area (Å²) in [6, 6.07) is 12.1. The van der Waals surface area contributed by atoms with E-state index in [-0.39, 0.29) is 5.91 Å². The molecule has 1 heterocycles. The van der Waals surface area contributed by atoms with Crippen molar-refractivity contribution in [2.45, 2.75) is 19.4 Å². The molecule has 3 rings (SSSR count). The summed E-state index contributed by atoms with van der Waals surface area (Å²) in [5, 5.41) is 2.90. The van der Waals surface area contributed by atoms with Gasteiger partial charge in [-0.05, 0) is 48.7 Å². The molecule has 0 spiro atoms. The van der Waals surface area contributed by atoms with Crippen molar-refractivity contribution in [1.82, 2.24) is 15.3 Å². The van der Waals surface area contributed by atoms with E-state index in [1.807, 2.05) is 24.3 Å². The number of amides is 1. The number of hydrogen-bond donors (Lipinski definition) is 2. The van der Waals surface area contributed by atoms with Gasteiger partial charge in [0.25, 0.3) is 5.91 Å². The average molecular weight is 404 g/mol. The summed E-state index contributed by atoms with van der Waals surface area (Å²) in [6.45, 7) is 5.53. The standard InChI is InChI=1S/C23H24N4O3/c1-14(24)17-6-4-5-16(11-17)12-19(23(29)30-3)15(2)27-22(28)18-7-8-20-21(13-18)26-10-9-25-20/h4-11,13,15,19H,1,12,24H2,2-3H3,(H,27,28). The summed E-state index contributed by atoms with van der Waals surface area (Å²) in [6.07, 6.45) is 3.56.